The average molecular weight is 237 g/mol. The zero-order chi connectivity index (χ0) is 12.5. The molecule has 3 nitrogen and oxygen atoms in total. The number of carbonyl (C=O) groups is 1. The van der Waals surface area contributed by atoms with Crippen molar-refractivity contribution in [2.45, 2.75) is 12.2 Å². The third-order valence-electron chi connectivity index (χ3n) is 1.93. The van der Waals surface area contributed by atoms with Crippen molar-refractivity contribution in [1.82, 2.24) is 0 Å². The van der Waals surface area contributed by atoms with Crippen LogP contribution in [0.5, 0.6) is 0 Å². The molecule has 0 amide bonds. The van der Waals surface area contributed by atoms with Gasteiger partial charge in [-0.1, -0.05) is 0 Å². The minimum absolute atomic E-state index is 0.474. The largest absolute Gasteiger partial charge is 0.478 e. The van der Waals surface area contributed by atoms with Crippen molar-refractivity contribution in [2.75, 3.05) is 0 Å². The van der Waals surface area contributed by atoms with Gasteiger partial charge in [0, 0.05) is 0 Å². The lowest BCUT2D eigenvalue weighted by Gasteiger charge is -2.17. The molecule has 0 bridgehead atoms. The number of rotatable bonds is 2. The van der Waals surface area contributed by atoms with Gasteiger partial charge in [0.2, 0.25) is 0 Å². The van der Waals surface area contributed by atoms with E-state index in [2.05, 4.69) is 0 Å². The van der Waals surface area contributed by atoms with Gasteiger partial charge in [-0.3, -0.25) is 0 Å². The van der Waals surface area contributed by atoms with E-state index < -0.39 is 35.1 Å². The molecule has 3 N–H and O–H groups in total. The van der Waals surface area contributed by atoms with Crippen LogP contribution in [0.3, 0.4) is 0 Å². The fourth-order valence-corrected chi connectivity index (χ4v) is 1.16. The summed E-state index contributed by atoms with van der Waals surface area (Å²) < 4.78 is 49.6. The van der Waals surface area contributed by atoms with Gasteiger partial charge in [0.15, 0.2) is 0 Å². The Kier molecular flexibility index (Phi) is 3.18. The first-order valence-electron chi connectivity index (χ1n) is 4.08. The molecule has 16 heavy (non-hydrogen) atoms. The quantitative estimate of drug-likeness (QED) is 0.774. The normalized spacial score (nSPS) is 13.6. The van der Waals surface area contributed by atoms with E-state index in [-0.39, 0.29) is 0 Å². The van der Waals surface area contributed by atoms with Gasteiger partial charge in [0.1, 0.15) is 11.9 Å². The van der Waals surface area contributed by atoms with Gasteiger partial charge in [0.05, 0.1) is 5.56 Å². The Labute approximate surface area is 87.5 Å². The molecule has 88 valence electrons. The van der Waals surface area contributed by atoms with Crippen LogP contribution in [-0.4, -0.2) is 17.3 Å². The van der Waals surface area contributed by atoms with Crippen molar-refractivity contribution >= 4 is 5.97 Å². The van der Waals surface area contributed by atoms with Gasteiger partial charge >= 0.3 is 12.1 Å². The van der Waals surface area contributed by atoms with Crippen LogP contribution in [0.15, 0.2) is 18.2 Å². The molecule has 0 heterocycles. The second-order valence-electron chi connectivity index (χ2n) is 3.06. The van der Waals surface area contributed by atoms with Crippen LogP contribution >= 0.6 is 0 Å². The highest BCUT2D eigenvalue weighted by Gasteiger charge is 2.39. The molecule has 0 aliphatic carbocycles. The fraction of sp³-hybridized carbons (Fsp3) is 0.222. The first kappa shape index (κ1) is 12.4. The molecule has 0 aliphatic heterocycles. The first-order valence-corrected chi connectivity index (χ1v) is 4.08. The summed E-state index contributed by atoms with van der Waals surface area (Å²) in [6.45, 7) is 0. The Hall–Kier alpha value is -1.63. The highest BCUT2D eigenvalue weighted by molar-refractivity contribution is 5.89. The van der Waals surface area contributed by atoms with E-state index in [9.17, 15) is 22.4 Å². The van der Waals surface area contributed by atoms with Crippen LogP contribution in [0.25, 0.3) is 0 Å². The summed E-state index contributed by atoms with van der Waals surface area (Å²) in [6, 6.07) is -0.537. The van der Waals surface area contributed by atoms with Crippen molar-refractivity contribution < 1.29 is 27.5 Å². The molecule has 0 spiro atoms. The highest BCUT2D eigenvalue weighted by atomic mass is 19.4. The Morgan fingerprint density at radius 2 is 1.94 bits per heavy atom. The van der Waals surface area contributed by atoms with Crippen LogP contribution in [0.1, 0.15) is 22.0 Å². The second-order valence-corrected chi connectivity index (χ2v) is 3.06. The second kappa shape index (κ2) is 4.09. The number of halogens is 4. The minimum atomic E-state index is -4.82. The zero-order valence-corrected chi connectivity index (χ0v) is 7.75. The Bertz CT molecular complexity index is 416. The zero-order valence-electron chi connectivity index (χ0n) is 7.75. The summed E-state index contributed by atoms with van der Waals surface area (Å²) in [5.74, 6) is -2.56. The number of aromatic carboxylic acids is 1. The van der Waals surface area contributed by atoms with Gasteiger partial charge in [-0.15, -0.1) is 0 Å². The van der Waals surface area contributed by atoms with Gasteiger partial charge < -0.3 is 10.8 Å². The third-order valence-corrected chi connectivity index (χ3v) is 1.93. The van der Waals surface area contributed by atoms with Crippen LogP contribution in [0.4, 0.5) is 17.6 Å². The SMILES string of the molecule is N[C@@H](c1cc(F)ccc1C(=O)O)C(F)(F)F. The summed E-state index contributed by atoms with van der Waals surface area (Å²) >= 11 is 0. The maximum atomic E-state index is 12.7. The highest BCUT2D eigenvalue weighted by Crippen LogP contribution is 2.32. The Morgan fingerprint density at radius 1 is 1.38 bits per heavy atom. The van der Waals surface area contributed by atoms with Crippen molar-refractivity contribution in [1.29, 1.82) is 0 Å². The molecule has 1 atom stereocenters. The monoisotopic (exact) mass is 237 g/mol. The molecule has 0 aromatic heterocycles. The average Bonchev–Trinajstić information content (AvgIpc) is 2.14. The molecule has 1 aromatic rings. The fourth-order valence-electron chi connectivity index (χ4n) is 1.16. The molecular formula is C9H7F4NO2. The minimum Gasteiger partial charge on any atom is -0.478 e. The molecular weight excluding hydrogens is 230 g/mol. The van der Waals surface area contributed by atoms with Crippen molar-refractivity contribution in [3.63, 3.8) is 0 Å². The Balaban J connectivity index is 3.30. The smallest absolute Gasteiger partial charge is 0.407 e. The van der Waals surface area contributed by atoms with Crippen LogP contribution in [0, 0.1) is 5.82 Å². The predicted molar refractivity (Wildman–Crippen MR) is 46.3 cm³/mol. The van der Waals surface area contributed by atoms with E-state index in [4.69, 9.17) is 10.8 Å². The van der Waals surface area contributed by atoms with Crippen LogP contribution in [0.2, 0.25) is 0 Å². The first-order chi connectivity index (χ1) is 7.23. The molecule has 0 saturated heterocycles. The van der Waals surface area contributed by atoms with Crippen LogP contribution < -0.4 is 5.73 Å². The van der Waals surface area contributed by atoms with Gasteiger partial charge in [-0.2, -0.15) is 13.2 Å². The summed E-state index contributed by atoms with van der Waals surface area (Å²) in [5.41, 5.74) is 3.37. The van der Waals surface area contributed by atoms with E-state index in [1.54, 1.807) is 0 Å². The van der Waals surface area contributed by atoms with Crippen LogP contribution in [-0.2, 0) is 0 Å². The molecule has 0 fully saturated rings. The van der Waals surface area contributed by atoms with Crippen molar-refractivity contribution in [3.05, 3.63) is 35.1 Å². The molecule has 0 saturated carbocycles. The van der Waals surface area contributed by atoms with Crippen molar-refractivity contribution in [3.8, 4) is 0 Å². The van der Waals surface area contributed by atoms with E-state index in [0.717, 1.165) is 12.1 Å². The maximum absolute atomic E-state index is 12.7. The lowest BCUT2D eigenvalue weighted by atomic mass is 10.0. The third kappa shape index (κ3) is 2.48. The lowest BCUT2D eigenvalue weighted by molar-refractivity contribution is -0.149. The van der Waals surface area contributed by atoms with Gasteiger partial charge in [-0.05, 0) is 23.8 Å². The number of carboxylic acids is 1. The molecule has 0 aliphatic rings. The number of nitrogens with two attached hydrogens (primary N) is 1. The van der Waals surface area contributed by atoms with Gasteiger partial charge in [0.25, 0.3) is 0 Å². The molecule has 7 heteroatoms. The number of hydrogen-bond donors (Lipinski definition) is 2. The van der Waals surface area contributed by atoms with E-state index in [1.165, 1.54) is 0 Å². The number of alkyl halides is 3. The molecule has 1 aromatic carbocycles. The molecule has 0 unspecified atom stereocenters. The maximum Gasteiger partial charge on any atom is 0.407 e. The Morgan fingerprint density at radius 3 is 2.38 bits per heavy atom. The molecule has 1 rings (SSSR count). The van der Waals surface area contributed by atoms with E-state index >= 15 is 0 Å². The number of hydrogen-bond acceptors (Lipinski definition) is 2. The number of benzene rings is 1. The van der Waals surface area contributed by atoms with Crippen molar-refractivity contribution in [2.24, 2.45) is 5.73 Å². The summed E-state index contributed by atoms with van der Waals surface area (Å²) in [5, 5.41) is 8.63. The topological polar surface area (TPSA) is 63.3 Å². The lowest BCUT2D eigenvalue weighted by Crippen LogP contribution is -2.30. The predicted octanol–water partition coefficient (Wildman–Crippen LogP) is 2.09. The summed E-state index contributed by atoms with van der Waals surface area (Å²) in [4.78, 5) is 10.6. The van der Waals surface area contributed by atoms with E-state index in [1.807, 2.05) is 0 Å². The summed E-state index contributed by atoms with van der Waals surface area (Å²) in [6.07, 6.45) is -4.82. The van der Waals surface area contributed by atoms with Gasteiger partial charge in [-0.25, -0.2) is 9.18 Å². The summed E-state index contributed by atoms with van der Waals surface area (Å²) in [7, 11) is 0. The number of carboxylic acid groups (broad SMARTS) is 1. The van der Waals surface area contributed by atoms with E-state index in [0.29, 0.717) is 6.07 Å². The molecule has 0 radical (unpaired) electrons. The standard InChI is InChI=1S/C9H7F4NO2/c10-4-1-2-5(8(15)16)6(3-4)7(14)9(11,12)13/h1-3,7H,14H2,(H,15,16)/t7-/m0/s1.